The Bertz CT molecular complexity index is 1380. The van der Waals surface area contributed by atoms with Gasteiger partial charge < -0.3 is 24.8 Å². The standard InChI is InChI=1S/C32H41Si.2ClH.Zr/c1-11-20-13-15-25(23(20)12-2)29-27-18-21-17-22(31(3,4)5)14-16-24(21)26(27)19-28(33(9)10)30(29)32(6,7)8;;;/h13-14,16-17,19H,11-12,15H2,1-10H3;2*1H;/q;;;+2/p-2. The molecule has 0 bridgehead atoms. The third-order valence-corrected chi connectivity index (χ3v) is 10.4. The average molecular weight is 616 g/mol. The molecular weight excluding hydrogens is 575 g/mol. The summed E-state index contributed by atoms with van der Waals surface area (Å²) in [5.41, 5.74) is 14.2. The fourth-order valence-electron chi connectivity index (χ4n) is 5.93. The van der Waals surface area contributed by atoms with Crippen LogP contribution in [0.25, 0.3) is 20.0 Å². The van der Waals surface area contributed by atoms with E-state index in [9.17, 15) is 0 Å². The van der Waals surface area contributed by atoms with Gasteiger partial charge in [0.05, 0.1) is 0 Å². The Balaban J connectivity index is 0.00000228. The summed E-state index contributed by atoms with van der Waals surface area (Å²) in [6.45, 7) is 23.9. The number of hydrogen-bond acceptors (Lipinski definition) is 0. The summed E-state index contributed by atoms with van der Waals surface area (Å²) in [6, 6.07) is 9.91. The molecule has 4 rings (SSSR count). The number of halogens is 2. The van der Waals surface area contributed by atoms with Gasteiger partial charge in [-0.2, -0.15) is 0 Å². The van der Waals surface area contributed by atoms with Crippen LogP contribution in [0.3, 0.4) is 0 Å². The minimum Gasteiger partial charge on any atom is -1.00 e. The van der Waals surface area contributed by atoms with Crippen LogP contribution in [0.5, 0.6) is 0 Å². The fourth-order valence-corrected chi connectivity index (χ4v) is 8.51. The van der Waals surface area contributed by atoms with Crippen LogP contribution in [0.2, 0.25) is 13.1 Å². The van der Waals surface area contributed by atoms with E-state index in [1.54, 1.807) is 41.2 Å². The Morgan fingerprint density at radius 3 is 1.97 bits per heavy atom. The molecule has 0 N–H and O–H groups in total. The van der Waals surface area contributed by atoms with Gasteiger partial charge in [-0.25, -0.2) is 0 Å². The summed E-state index contributed by atoms with van der Waals surface area (Å²) >= 11 is 1.53. The van der Waals surface area contributed by atoms with Crippen molar-refractivity contribution in [2.24, 2.45) is 0 Å². The van der Waals surface area contributed by atoms with Crippen LogP contribution >= 0.6 is 0 Å². The predicted octanol–water partition coefficient (Wildman–Crippen LogP) is 2.46. The van der Waals surface area contributed by atoms with Gasteiger partial charge in [0.2, 0.25) is 0 Å². The largest absolute Gasteiger partial charge is 1.00 e. The quantitative estimate of drug-likeness (QED) is 0.466. The van der Waals surface area contributed by atoms with E-state index in [4.69, 9.17) is 0 Å². The Morgan fingerprint density at radius 1 is 0.833 bits per heavy atom. The summed E-state index contributed by atoms with van der Waals surface area (Å²) in [5.74, 6) is 0. The molecule has 0 saturated heterocycles. The summed E-state index contributed by atoms with van der Waals surface area (Å²) < 4.78 is 1.56. The second-order valence-electron chi connectivity index (χ2n) is 12.3. The van der Waals surface area contributed by atoms with Crippen LogP contribution in [0, 0.1) is 4.81 Å². The van der Waals surface area contributed by atoms with E-state index in [-0.39, 0.29) is 35.6 Å². The molecule has 0 heterocycles. The molecule has 0 atom stereocenters. The molecule has 0 nitrogen and oxygen atoms in total. The van der Waals surface area contributed by atoms with E-state index in [2.05, 4.69) is 98.8 Å². The molecule has 0 unspecified atom stereocenters. The molecule has 4 heteroatoms. The molecule has 0 fully saturated rings. The number of allylic oxidation sites excluding steroid dienone is 4. The molecule has 2 aromatic rings. The van der Waals surface area contributed by atoms with Gasteiger partial charge in [-0.15, -0.1) is 0 Å². The maximum Gasteiger partial charge on any atom is -1.00 e. The average Bonchev–Trinajstić information content (AvgIpc) is 3.29. The van der Waals surface area contributed by atoms with Gasteiger partial charge in [0, 0.05) is 0 Å². The van der Waals surface area contributed by atoms with E-state index in [1.807, 2.05) is 0 Å². The van der Waals surface area contributed by atoms with E-state index >= 15 is 0 Å². The third kappa shape index (κ3) is 5.32. The number of hydrogen-bond donors (Lipinski definition) is 0. The van der Waals surface area contributed by atoms with Gasteiger partial charge in [-0.05, 0) is 0 Å². The second kappa shape index (κ2) is 11.3. The summed E-state index contributed by atoms with van der Waals surface area (Å²) in [7, 11) is -0.630. The smallest absolute Gasteiger partial charge is 1.00 e. The Labute approximate surface area is 248 Å². The molecule has 36 heavy (non-hydrogen) atoms. The predicted molar refractivity (Wildman–Crippen MR) is 148 cm³/mol. The molecule has 0 amide bonds. The molecule has 0 aromatic heterocycles. The molecule has 2 aliphatic carbocycles. The zero-order chi connectivity index (χ0) is 25.2. The van der Waals surface area contributed by atoms with Gasteiger partial charge in [0.1, 0.15) is 0 Å². The first kappa shape index (κ1) is 31.7. The summed E-state index contributed by atoms with van der Waals surface area (Å²) in [4.78, 5) is 1.63. The number of fused-ring (bicyclic) bond motifs is 3. The zero-order valence-corrected chi connectivity index (χ0v) is 28.7. The van der Waals surface area contributed by atoms with E-state index < -0.39 is 8.41 Å². The SMILES string of the molecule is CCC1=CCC(c2c(C(C)(C)C)c(=[Si](C)C)cc3c2=[C]([Zr+2])c2cc(C(C)(C)C)ccc2-3)=C1CC.[Cl-].[Cl-]. The van der Waals surface area contributed by atoms with Crippen molar-refractivity contribution >= 4 is 17.3 Å². The molecule has 2 aromatic carbocycles. The Kier molecular flexibility index (Phi) is 9.94. The van der Waals surface area contributed by atoms with Gasteiger partial charge in [0.25, 0.3) is 0 Å². The normalized spacial score (nSPS) is 14.8. The Hall–Kier alpha value is -0.530. The monoisotopic (exact) mass is 613 g/mol. The van der Waals surface area contributed by atoms with Crippen molar-refractivity contribution < 1.29 is 49.5 Å². The summed E-state index contributed by atoms with van der Waals surface area (Å²) in [6.07, 6.45) is 5.88. The molecule has 0 aliphatic heterocycles. The van der Waals surface area contributed by atoms with Gasteiger partial charge in [0.15, 0.2) is 0 Å². The van der Waals surface area contributed by atoms with Crippen LogP contribution in [0.15, 0.2) is 41.5 Å². The van der Waals surface area contributed by atoms with E-state index in [0.29, 0.717) is 0 Å². The van der Waals surface area contributed by atoms with Crippen LogP contribution in [-0.4, -0.2) is 8.41 Å². The van der Waals surface area contributed by atoms with Crippen molar-refractivity contribution in [1.29, 1.82) is 0 Å². The Morgan fingerprint density at radius 2 is 1.47 bits per heavy atom. The van der Waals surface area contributed by atoms with E-state index in [0.717, 1.165) is 19.3 Å². The van der Waals surface area contributed by atoms with Crippen LogP contribution in [-0.2, 0) is 35.5 Å². The maximum absolute atomic E-state index is 2.61. The van der Waals surface area contributed by atoms with Crippen molar-refractivity contribution in [3.05, 3.63) is 73.8 Å². The van der Waals surface area contributed by atoms with Crippen LogP contribution < -0.4 is 30.0 Å². The second-order valence-corrected chi connectivity index (χ2v) is 16.1. The first-order valence-electron chi connectivity index (χ1n) is 13.0. The maximum atomic E-state index is 2.61. The molecular formula is C32H41Cl2SiZr. The molecule has 0 spiro atoms. The van der Waals surface area contributed by atoms with Crippen molar-refractivity contribution in [1.82, 2.24) is 0 Å². The third-order valence-electron chi connectivity index (χ3n) is 7.65. The van der Waals surface area contributed by atoms with Gasteiger partial charge >= 0.3 is 225 Å². The summed E-state index contributed by atoms with van der Waals surface area (Å²) in [5, 5.41) is 1.56. The van der Waals surface area contributed by atoms with Crippen molar-refractivity contribution in [2.75, 3.05) is 0 Å². The molecule has 191 valence electrons. The van der Waals surface area contributed by atoms with Crippen molar-refractivity contribution in [3.63, 3.8) is 0 Å². The molecule has 2 aliphatic rings. The van der Waals surface area contributed by atoms with Gasteiger partial charge in [-0.1, -0.05) is 0 Å². The topological polar surface area (TPSA) is 0 Å². The van der Waals surface area contributed by atoms with E-state index in [1.165, 1.54) is 47.0 Å². The molecule has 0 radical (unpaired) electrons. The first-order valence-corrected chi connectivity index (χ1v) is 16.7. The minimum absolute atomic E-state index is 0. The van der Waals surface area contributed by atoms with Crippen LogP contribution in [0.1, 0.15) is 96.9 Å². The first-order chi connectivity index (χ1) is 15.8. The van der Waals surface area contributed by atoms with Crippen molar-refractivity contribution in [3.8, 4) is 11.1 Å². The number of rotatable bonds is 3. The fraction of sp³-hybridized carbons (Fsp3) is 0.469. The zero-order valence-electron chi connectivity index (χ0n) is 23.8. The van der Waals surface area contributed by atoms with Crippen molar-refractivity contribution in [2.45, 2.75) is 98.6 Å². The van der Waals surface area contributed by atoms with Gasteiger partial charge in [-0.3, -0.25) is 0 Å². The molecule has 0 saturated carbocycles. The minimum atomic E-state index is -0.630. The number of benzene rings is 2. The van der Waals surface area contributed by atoms with Crippen LogP contribution in [0.4, 0.5) is 0 Å².